The topological polar surface area (TPSA) is 96.0 Å². The fourth-order valence-corrected chi connectivity index (χ4v) is 2.39. The average Bonchev–Trinajstić information content (AvgIpc) is 2.66. The highest BCUT2D eigenvalue weighted by atomic mass is 35.5. The Labute approximate surface area is 109 Å². The summed E-state index contributed by atoms with van der Waals surface area (Å²) in [4.78, 5) is 12.8. The molecular formula is C11H15ClN2O4. The number of primary amides is 1. The maximum atomic E-state index is 11.1. The molecule has 0 bridgehead atoms. The third-order valence-electron chi connectivity index (χ3n) is 3.04. The molecule has 0 aromatic carbocycles. The summed E-state index contributed by atoms with van der Waals surface area (Å²) in [6.45, 7) is -0.0401. The molecule has 4 N–H and O–H groups in total. The normalized spacial score (nSPS) is 35.7. The molecule has 2 aliphatic rings. The van der Waals surface area contributed by atoms with Crippen LogP contribution in [0.4, 0.5) is 0 Å². The molecule has 1 amide bonds. The zero-order valence-corrected chi connectivity index (χ0v) is 10.3. The van der Waals surface area contributed by atoms with Crippen LogP contribution >= 0.6 is 11.6 Å². The number of nitrogens with zero attached hydrogens (tertiary/aromatic N) is 1. The van der Waals surface area contributed by atoms with Crippen molar-refractivity contribution in [2.45, 2.75) is 23.8 Å². The van der Waals surface area contributed by atoms with Crippen molar-refractivity contribution in [2.75, 3.05) is 13.2 Å². The molecule has 7 heteroatoms. The highest BCUT2D eigenvalue weighted by molar-refractivity contribution is 6.21. The Hall–Kier alpha value is -1.08. The lowest BCUT2D eigenvalue weighted by Crippen LogP contribution is -2.41. The van der Waals surface area contributed by atoms with E-state index in [1.54, 1.807) is 23.3 Å². The predicted octanol–water partition coefficient (Wildman–Crippen LogP) is -1.09. The van der Waals surface area contributed by atoms with Crippen LogP contribution in [0.15, 0.2) is 23.9 Å². The van der Waals surface area contributed by atoms with Crippen molar-refractivity contribution in [3.8, 4) is 0 Å². The highest BCUT2D eigenvalue weighted by Gasteiger charge is 2.44. The van der Waals surface area contributed by atoms with Gasteiger partial charge in [-0.25, -0.2) is 0 Å². The maximum Gasteiger partial charge on any atom is 0.246 e. The van der Waals surface area contributed by atoms with E-state index in [0.29, 0.717) is 5.57 Å². The van der Waals surface area contributed by atoms with E-state index in [-0.39, 0.29) is 13.2 Å². The van der Waals surface area contributed by atoms with Gasteiger partial charge in [-0.1, -0.05) is 6.08 Å². The van der Waals surface area contributed by atoms with Crippen molar-refractivity contribution in [1.82, 2.24) is 4.90 Å². The van der Waals surface area contributed by atoms with Gasteiger partial charge in [0.25, 0.3) is 0 Å². The molecule has 100 valence electrons. The monoisotopic (exact) mass is 274 g/mol. The van der Waals surface area contributed by atoms with Crippen molar-refractivity contribution in [1.29, 1.82) is 0 Å². The molecule has 0 spiro atoms. The minimum atomic E-state index is -0.946. The number of aliphatic hydroxyl groups is 2. The van der Waals surface area contributed by atoms with Gasteiger partial charge in [0.15, 0.2) is 0 Å². The molecule has 18 heavy (non-hydrogen) atoms. The largest absolute Gasteiger partial charge is 0.394 e. The van der Waals surface area contributed by atoms with Crippen LogP contribution in [0.1, 0.15) is 0 Å². The number of halogens is 1. The first kappa shape index (κ1) is 13.4. The summed E-state index contributed by atoms with van der Waals surface area (Å²) in [5, 5.41) is 18.1. The van der Waals surface area contributed by atoms with Crippen molar-refractivity contribution in [3.05, 3.63) is 23.9 Å². The van der Waals surface area contributed by atoms with E-state index in [0.717, 1.165) is 0 Å². The van der Waals surface area contributed by atoms with Crippen LogP contribution < -0.4 is 5.73 Å². The van der Waals surface area contributed by atoms with E-state index < -0.39 is 29.7 Å². The quantitative estimate of drug-likeness (QED) is 0.569. The molecule has 1 fully saturated rings. The number of alkyl halides is 1. The van der Waals surface area contributed by atoms with Gasteiger partial charge >= 0.3 is 0 Å². The van der Waals surface area contributed by atoms with Crippen molar-refractivity contribution in [3.63, 3.8) is 0 Å². The van der Waals surface area contributed by atoms with Crippen molar-refractivity contribution >= 4 is 17.5 Å². The molecule has 0 radical (unpaired) electrons. The number of nitrogens with two attached hydrogens (primary N) is 1. The molecule has 0 saturated carbocycles. The predicted molar refractivity (Wildman–Crippen MR) is 64.5 cm³/mol. The van der Waals surface area contributed by atoms with Crippen LogP contribution in [0.5, 0.6) is 0 Å². The second kappa shape index (κ2) is 5.27. The number of aliphatic hydroxyl groups excluding tert-OH is 2. The van der Waals surface area contributed by atoms with Crippen LogP contribution in [0.2, 0.25) is 0 Å². The smallest absolute Gasteiger partial charge is 0.246 e. The Morgan fingerprint density at radius 3 is 2.94 bits per heavy atom. The Bertz CT molecular complexity index is 399. The van der Waals surface area contributed by atoms with Crippen LogP contribution in [0.3, 0.4) is 0 Å². The number of carbonyl (C=O) groups excluding carboxylic acids is 1. The van der Waals surface area contributed by atoms with E-state index in [1.165, 1.54) is 0 Å². The number of carbonyl (C=O) groups is 1. The fraction of sp³-hybridized carbons (Fsp3) is 0.545. The molecule has 2 heterocycles. The van der Waals surface area contributed by atoms with Gasteiger partial charge in [-0.15, -0.1) is 11.6 Å². The maximum absolute atomic E-state index is 11.1. The second-order valence-electron chi connectivity index (χ2n) is 4.25. The summed E-state index contributed by atoms with van der Waals surface area (Å²) in [6.07, 6.45) is 2.73. The summed E-state index contributed by atoms with van der Waals surface area (Å²) in [7, 11) is 0. The molecule has 4 atom stereocenters. The summed E-state index contributed by atoms with van der Waals surface area (Å²) in [5.74, 6) is -0.507. The Morgan fingerprint density at radius 2 is 2.39 bits per heavy atom. The van der Waals surface area contributed by atoms with E-state index in [9.17, 15) is 9.90 Å². The SMILES string of the molecule is NC(=O)C1=CC=CN(C2O[C@H](CO)[C@@H](O)[C@H]2Cl)C1. The number of ether oxygens (including phenoxy) is 1. The van der Waals surface area contributed by atoms with E-state index in [1.807, 2.05) is 0 Å². The first-order valence-corrected chi connectivity index (χ1v) is 5.99. The van der Waals surface area contributed by atoms with Crippen molar-refractivity contribution in [2.24, 2.45) is 5.73 Å². The number of hydrogen-bond donors (Lipinski definition) is 3. The molecule has 6 nitrogen and oxygen atoms in total. The Balaban J connectivity index is 2.08. The number of rotatable bonds is 3. The number of amides is 1. The van der Waals surface area contributed by atoms with Gasteiger partial charge in [-0.05, 0) is 6.08 Å². The molecular weight excluding hydrogens is 260 g/mol. The van der Waals surface area contributed by atoms with Gasteiger partial charge in [0.05, 0.1) is 13.2 Å². The van der Waals surface area contributed by atoms with Crippen LogP contribution in [0.25, 0.3) is 0 Å². The lowest BCUT2D eigenvalue weighted by molar-refractivity contribution is -0.115. The van der Waals surface area contributed by atoms with Crippen LogP contribution in [-0.4, -0.2) is 58.0 Å². The third-order valence-corrected chi connectivity index (χ3v) is 3.52. The molecule has 0 aliphatic carbocycles. The summed E-state index contributed by atoms with van der Waals surface area (Å²) < 4.78 is 5.47. The first-order chi connectivity index (χ1) is 8.54. The molecule has 1 saturated heterocycles. The van der Waals surface area contributed by atoms with Crippen LogP contribution in [-0.2, 0) is 9.53 Å². The Morgan fingerprint density at radius 1 is 1.67 bits per heavy atom. The average molecular weight is 275 g/mol. The summed E-state index contributed by atoms with van der Waals surface area (Å²) in [5.41, 5.74) is 5.65. The van der Waals surface area contributed by atoms with Crippen molar-refractivity contribution < 1.29 is 19.7 Å². The highest BCUT2D eigenvalue weighted by Crippen LogP contribution is 2.29. The van der Waals surface area contributed by atoms with Gasteiger partial charge in [0.2, 0.25) is 5.91 Å². The molecule has 0 aromatic rings. The minimum absolute atomic E-state index is 0.268. The van der Waals surface area contributed by atoms with E-state index >= 15 is 0 Å². The Kier molecular flexibility index (Phi) is 3.91. The van der Waals surface area contributed by atoms with Gasteiger partial charge in [-0.2, -0.15) is 0 Å². The lowest BCUT2D eigenvalue weighted by atomic mass is 10.1. The molecule has 2 rings (SSSR count). The first-order valence-electron chi connectivity index (χ1n) is 5.56. The van der Waals surface area contributed by atoms with Gasteiger partial charge in [0, 0.05) is 11.8 Å². The van der Waals surface area contributed by atoms with Crippen LogP contribution in [0, 0.1) is 0 Å². The lowest BCUT2D eigenvalue weighted by Gasteiger charge is -2.30. The van der Waals surface area contributed by atoms with E-state index in [4.69, 9.17) is 27.2 Å². The summed E-state index contributed by atoms with van der Waals surface area (Å²) >= 11 is 6.07. The molecule has 1 unspecified atom stereocenters. The molecule has 2 aliphatic heterocycles. The molecule has 0 aromatic heterocycles. The van der Waals surface area contributed by atoms with Gasteiger partial charge < -0.3 is 25.6 Å². The number of hydrogen-bond acceptors (Lipinski definition) is 5. The minimum Gasteiger partial charge on any atom is -0.394 e. The standard InChI is InChI=1S/C11H15ClN2O4/c12-8-9(16)7(5-15)18-11(8)14-3-1-2-6(4-14)10(13)17/h1-3,7-9,11,15-16H,4-5H2,(H2,13,17)/t7-,8-,9-,11?/m1/s1. The fourth-order valence-electron chi connectivity index (χ4n) is 2.03. The second-order valence-corrected chi connectivity index (χ2v) is 4.76. The van der Waals surface area contributed by atoms with E-state index in [2.05, 4.69) is 0 Å². The van der Waals surface area contributed by atoms with Gasteiger partial charge in [-0.3, -0.25) is 4.79 Å². The summed E-state index contributed by atoms with van der Waals surface area (Å²) in [6, 6.07) is 0. The third kappa shape index (κ3) is 2.37. The zero-order valence-electron chi connectivity index (χ0n) is 9.57. The number of allylic oxidation sites excluding steroid dienone is 2. The van der Waals surface area contributed by atoms with Gasteiger partial charge in [0.1, 0.15) is 23.8 Å². The zero-order chi connectivity index (χ0) is 13.3.